The van der Waals surface area contributed by atoms with Gasteiger partial charge in [-0.05, 0) is 48.6 Å². The molecule has 0 spiro atoms. The van der Waals surface area contributed by atoms with Gasteiger partial charge in [0.1, 0.15) is 5.82 Å². The first-order valence-electron chi connectivity index (χ1n) is 11.0. The quantitative estimate of drug-likeness (QED) is 0.398. The van der Waals surface area contributed by atoms with Crippen LogP contribution in [0.4, 0.5) is 0 Å². The maximum absolute atomic E-state index is 13.1. The second-order valence-electron chi connectivity index (χ2n) is 8.37. The average Bonchev–Trinajstić information content (AvgIpc) is 3.17. The lowest BCUT2D eigenvalue weighted by Gasteiger charge is -2.21. The maximum Gasteiger partial charge on any atom is 0.251 e. The molecule has 4 heteroatoms. The summed E-state index contributed by atoms with van der Waals surface area (Å²) in [6.45, 7) is 5.34. The second-order valence-corrected chi connectivity index (χ2v) is 8.37. The fraction of sp³-hybridized carbons (Fsp3) is 0.259. The Morgan fingerprint density at radius 3 is 2.26 bits per heavy atom. The molecule has 0 aliphatic rings. The van der Waals surface area contributed by atoms with Crippen molar-refractivity contribution in [2.45, 2.75) is 39.3 Å². The third-order valence-electron chi connectivity index (χ3n) is 5.55. The van der Waals surface area contributed by atoms with Crippen LogP contribution in [0.2, 0.25) is 0 Å². The summed E-state index contributed by atoms with van der Waals surface area (Å²) in [7, 11) is 0. The molecule has 3 aromatic carbocycles. The molecule has 0 saturated carbocycles. The van der Waals surface area contributed by atoms with Crippen LogP contribution in [-0.2, 0) is 13.0 Å². The first-order chi connectivity index (χ1) is 15.1. The standard InChI is InChI=1S/C27H29N3O/c1-20(2)17-18-30-25-16-10-9-15-23(25)28-26(30)24(19-21-11-5-3-6-12-21)29-27(31)22-13-7-4-8-14-22/h3-16,20,24H,17-19H2,1-2H3,(H,29,31). The Morgan fingerprint density at radius 2 is 1.55 bits per heavy atom. The number of aromatic nitrogens is 2. The Hall–Kier alpha value is -3.40. The molecule has 1 atom stereocenters. The first kappa shape index (κ1) is 20.9. The molecule has 158 valence electrons. The van der Waals surface area contributed by atoms with Gasteiger partial charge in [0.25, 0.3) is 5.91 Å². The summed E-state index contributed by atoms with van der Waals surface area (Å²) < 4.78 is 2.29. The highest BCUT2D eigenvalue weighted by Gasteiger charge is 2.23. The molecule has 0 bridgehead atoms. The molecular weight excluding hydrogens is 382 g/mol. The van der Waals surface area contributed by atoms with E-state index in [1.807, 2.05) is 60.7 Å². The number of benzene rings is 3. The zero-order valence-electron chi connectivity index (χ0n) is 18.2. The van der Waals surface area contributed by atoms with E-state index in [-0.39, 0.29) is 11.9 Å². The highest BCUT2D eigenvalue weighted by atomic mass is 16.1. The lowest BCUT2D eigenvalue weighted by atomic mass is 10.0. The topological polar surface area (TPSA) is 46.9 Å². The van der Waals surface area contributed by atoms with E-state index < -0.39 is 0 Å². The van der Waals surface area contributed by atoms with Gasteiger partial charge in [-0.15, -0.1) is 0 Å². The fourth-order valence-corrected chi connectivity index (χ4v) is 3.87. The van der Waals surface area contributed by atoms with E-state index in [0.717, 1.165) is 29.8 Å². The van der Waals surface area contributed by atoms with E-state index in [0.29, 0.717) is 17.9 Å². The van der Waals surface area contributed by atoms with Crippen LogP contribution in [0, 0.1) is 5.92 Å². The van der Waals surface area contributed by atoms with Crippen LogP contribution in [-0.4, -0.2) is 15.5 Å². The summed E-state index contributed by atoms with van der Waals surface area (Å²) in [4.78, 5) is 18.0. The van der Waals surface area contributed by atoms with Crippen LogP contribution in [0.15, 0.2) is 84.9 Å². The minimum Gasteiger partial charge on any atom is -0.342 e. The number of amides is 1. The minimum atomic E-state index is -0.227. The van der Waals surface area contributed by atoms with E-state index in [4.69, 9.17) is 4.98 Å². The van der Waals surface area contributed by atoms with Crippen molar-refractivity contribution in [3.8, 4) is 0 Å². The van der Waals surface area contributed by atoms with Crippen molar-refractivity contribution in [2.24, 2.45) is 5.92 Å². The van der Waals surface area contributed by atoms with Crippen molar-refractivity contribution < 1.29 is 4.79 Å². The second kappa shape index (κ2) is 9.61. The monoisotopic (exact) mass is 411 g/mol. The molecule has 4 rings (SSSR count). The van der Waals surface area contributed by atoms with Crippen molar-refractivity contribution in [1.29, 1.82) is 0 Å². The van der Waals surface area contributed by atoms with E-state index in [1.54, 1.807) is 0 Å². The number of nitrogens with one attached hydrogen (secondary N) is 1. The van der Waals surface area contributed by atoms with Gasteiger partial charge in [-0.1, -0.05) is 74.5 Å². The SMILES string of the molecule is CC(C)CCn1c(C(Cc2ccccc2)NC(=O)c2ccccc2)nc2ccccc21. The third-order valence-corrected chi connectivity index (χ3v) is 5.55. The summed E-state index contributed by atoms with van der Waals surface area (Å²) in [5, 5.41) is 3.26. The largest absolute Gasteiger partial charge is 0.342 e. The Labute approximate surface area is 183 Å². The molecule has 0 saturated heterocycles. The molecule has 0 aliphatic heterocycles. The molecule has 1 amide bonds. The molecule has 4 aromatic rings. The molecule has 1 heterocycles. The number of hydrogen-bond acceptors (Lipinski definition) is 2. The van der Waals surface area contributed by atoms with Crippen molar-refractivity contribution in [1.82, 2.24) is 14.9 Å². The Morgan fingerprint density at radius 1 is 0.903 bits per heavy atom. The maximum atomic E-state index is 13.1. The van der Waals surface area contributed by atoms with Crippen LogP contribution in [0.1, 0.15) is 48.1 Å². The third kappa shape index (κ3) is 5.02. The summed E-state index contributed by atoms with van der Waals surface area (Å²) in [6, 6.07) is 27.7. The number of carbonyl (C=O) groups is 1. The normalized spacial score (nSPS) is 12.2. The molecule has 0 aliphatic carbocycles. The molecule has 1 N–H and O–H groups in total. The van der Waals surface area contributed by atoms with Gasteiger partial charge in [-0.2, -0.15) is 0 Å². The number of hydrogen-bond donors (Lipinski definition) is 1. The minimum absolute atomic E-state index is 0.0796. The number of imidazole rings is 1. The highest BCUT2D eigenvalue weighted by Crippen LogP contribution is 2.25. The predicted molar refractivity (Wildman–Crippen MR) is 126 cm³/mol. The van der Waals surface area contributed by atoms with Gasteiger partial charge in [0, 0.05) is 12.1 Å². The molecule has 0 fully saturated rings. The van der Waals surface area contributed by atoms with E-state index >= 15 is 0 Å². The Bertz CT molecular complexity index is 1130. The van der Waals surface area contributed by atoms with Crippen LogP contribution in [0.3, 0.4) is 0 Å². The zero-order valence-corrected chi connectivity index (χ0v) is 18.2. The highest BCUT2D eigenvalue weighted by molar-refractivity contribution is 5.94. The molecule has 1 aromatic heterocycles. The van der Waals surface area contributed by atoms with Crippen LogP contribution >= 0.6 is 0 Å². The number of rotatable bonds is 8. The first-order valence-corrected chi connectivity index (χ1v) is 11.0. The molecule has 0 radical (unpaired) electrons. The van der Waals surface area contributed by atoms with Gasteiger partial charge in [-0.25, -0.2) is 4.98 Å². The lowest BCUT2D eigenvalue weighted by Crippen LogP contribution is -2.32. The van der Waals surface area contributed by atoms with Gasteiger partial charge < -0.3 is 9.88 Å². The average molecular weight is 412 g/mol. The number of para-hydroxylation sites is 2. The molecular formula is C27H29N3O. The summed E-state index contributed by atoms with van der Waals surface area (Å²) >= 11 is 0. The molecule has 31 heavy (non-hydrogen) atoms. The number of nitrogens with zero attached hydrogens (tertiary/aromatic N) is 2. The Balaban J connectivity index is 1.74. The summed E-state index contributed by atoms with van der Waals surface area (Å²) in [5.74, 6) is 1.42. The molecule has 4 nitrogen and oxygen atoms in total. The van der Waals surface area contributed by atoms with Crippen molar-refractivity contribution in [3.05, 3.63) is 102 Å². The van der Waals surface area contributed by atoms with Gasteiger partial charge in [0.15, 0.2) is 0 Å². The Kier molecular flexibility index (Phi) is 6.46. The molecule has 1 unspecified atom stereocenters. The van der Waals surface area contributed by atoms with Crippen LogP contribution < -0.4 is 5.32 Å². The van der Waals surface area contributed by atoms with E-state index in [2.05, 4.69) is 48.0 Å². The van der Waals surface area contributed by atoms with Gasteiger partial charge in [-0.3, -0.25) is 4.79 Å². The summed E-state index contributed by atoms with van der Waals surface area (Å²) in [5.41, 5.74) is 3.91. The lowest BCUT2D eigenvalue weighted by molar-refractivity contribution is 0.0934. The van der Waals surface area contributed by atoms with Gasteiger partial charge in [0.2, 0.25) is 0 Å². The smallest absolute Gasteiger partial charge is 0.251 e. The van der Waals surface area contributed by atoms with Gasteiger partial charge >= 0.3 is 0 Å². The van der Waals surface area contributed by atoms with Crippen molar-refractivity contribution in [3.63, 3.8) is 0 Å². The summed E-state index contributed by atoms with van der Waals surface area (Å²) in [6.07, 6.45) is 1.74. The van der Waals surface area contributed by atoms with E-state index in [9.17, 15) is 4.79 Å². The van der Waals surface area contributed by atoms with E-state index in [1.165, 1.54) is 5.56 Å². The van der Waals surface area contributed by atoms with Crippen molar-refractivity contribution >= 4 is 16.9 Å². The number of carbonyl (C=O) groups excluding carboxylic acids is 1. The van der Waals surface area contributed by atoms with Crippen LogP contribution in [0.5, 0.6) is 0 Å². The number of aryl methyl sites for hydroxylation is 1. The predicted octanol–water partition coefficient (Wildman–Crippen LogP) is 5.80. The fourth-order valence-electron chi connectivity index (χ4n) is 3.87. The van der Waals surface area contributed by atoms with Gasteiger partial charge in [0.05, 0.1) is 17.1 Å². The number of fused-ring (bicyclic) bond motifs is 1. The van der Waals surface area contributed by atoms with Crippen LogP contribution in [0.25, 0.3) is 11.0 Å². The zero-order chi connectivity index (χ0) is 21.6. The van der Waals surface area contributed by atoms with Crippen molar-refractivity contribution in [2.75, 3.05) is 0 Å².